The topological polar surface area (TPSA) is 287 Å². The standard InChI is InChI=1S/C46H45F4N19O5/c47-33(12-17-68-27-39(59-63-68)44(72)54-22-30-6-5-8-37(18-30)74-46(48,49)50)25-69-29-41(61-65-69)57-43(71)21-36-19-31(11-14-52-36)32-9-10-34(53-23-32)20-42(70)56-40-28-67(64-60-40)16-4-3-15-66-26-38(58-62-66)45(73)55-24-35-7-1-2-13-51-35/h1-2,5-11,13-14,18-19,23,26-29,33H,3-4,12,15-17,20-22,24-25H2,(H,54,72)(H,55,73)(H,56,70)(H,57,71). The highest BCUT2D eigenvalue weighted by atomic mass is 19.4. The molecule has 1 unspecified atom stereocenters. The zero-order valence-electron chi connectivity index (χ0n) is 39.0. The molecule has 382 valence electrons. The predicted molar refractivity (Wildman–Crippen MR) is 251 cm³/mol. The van der Waals surface area contributed by atoms with Crippen LogP contribution in [0.5, 0.6) is 5.75 Å². The summed E-state index contributed by atoms with van der Waals surface area (Å²) in [6.45, 7) is 1.13. The third-order valence-corrected chi connectivity index (χ3v) is 10.6. The number of carbonyl (C=O) groups excluding carboxylic acids is 4. The summed E-state index contributed by atoms with van der Waals surface area (Å²) >= 11 is 0. The van der Waals surface area contributed by atoms with Gasteiger partial charge in [-0.15, -0.1) is 33.6 Å². The Morgan fingerprint density at radius 3 is 1.91 bits per heavy atom. The molecule has 8 aromatic rings. The van der Waals surface area contributed by atoms with E-state index >= 15 is 0 Å². The summed E-state index contributed by atoms with van der Waals surface area (Å²) in [5.41, 5.74) is 3.67. The summed E-state index contributed by atoms with van der Waals surface area (Å²) < 4.78 is 62.2. The maximum absolute atomic E-state index is 15.0. The van der Waals surface area contributed by atoms with Gasteiger partial charge in [0.2, 0.25) is 11.8 Å². The van der Waals surface area contributed by atoms with Crippen molar-refractivity contribution in [1.82, 2.24) is 85.6 Å². The first-order valence-electron chi connectivity index (χ1n) is 22.8. The van der Waals surface area contributed by atoms with Crippen LogP contribution in [0.3, 0.4) is 0 Å². The molecule has 0 fully saturated rings. The van der Waals surface area contributed by atoms with Gasteiger partial charge in [0.1, 0.15) is 11.9 Å². The van der Waals surface area contributed by atoms with Gasteiger partial charge in [-0.25, -0.2) is 9.07 Å². The number of ether oxygens (including phenoxy) is 1. The molecule has 28 heteroatoms. The lowest BCUT2D eigenvalue weighted by atomic mass is 10.1. The zero-order valence-corrected chi connectivity index (χ0v) is 39.0. The number of unbranched alkanes of at least 4 members (excludes halogenated alkanes) is 1. The van der Waals surface area contributed by atoms with Crippen LogP contribution in [0.2, 0.25) is 0 Å². The summed E-state index contributed by atoms with van der Waals surface area (Å²) in [4.78, 5) is 63.7. The number of anilines is 2. The van der Waals surface area contributed by atoms with Crippen LogP contribution in [0.25, 0.3) is 11.1 Å². The van der Waals surface area contributed by atoms with Gasteiger partial charge >= 0.3 is 6.36 Å². The number of benzene rings is 1. The molecule has 7 heterocycles. The van der Waals surface area contributed by atoms with E-state index < -0.39 is 30.1 Å². The number of halogens is 4. The van der Waals surface area contributed by atoms with Crippen molar-refractivity contribution in [2.75, 3.05) is 10.6 Å². The third kappa shape index (κ3) is 15.6. The van der Waals surface area contributed by atoms with Crippen molar-refractivity contribution < 1.29 is 41.5 Å². The second-order valence-electron chi connectivity index (χ2n) is 16.4. The molecule has 0 bridgehead atoms. The first kappa shape index (κ1) is 51.0. The van der Waals surface area contributed by atoms with Crippen LogP contribution in [0.1, 0.15) is 62.9 Å². The van der Waals surface area contributed by atoms with Gasteiger partial charge in [0.25, 0.3) is 11.8 Å². The first-order valence-corrected chi connectivity index (χ1v) is 22.8. The Balaban J connectivity index is 0.710. The maximum atomic E-state index is 15.0. The Labute approximate surface area is 416 Å². The SMILES string of the molecule is O=C(Cc1ccc(-c2ccnc(CC(=O)Nc3cn(CC(F)CCn4cc(C(=O)NCc5cccc(OC(F)(F)F)c5)nn4)nn3)c2)cn1)Nc1cn(CCCCn2cc(C(=O)NCc3ccccn3)nn2)nn1. The lowest BCUT2D eigenvalue weighted by molar-refractivity contribution is -0.274. The molecule has 7 aromatic heterocycles. The van der Waals surface area contributed by atoms with Gasteiger partial charge in [-0.1, -0.05) is 45.1 Å². The Kier molecular flexibility index (Phi) is 16.7. The molecule has 1 aromatic carbocycles. The number of hydrogen-bond acceptors (Lipinski definition) is 16. The van der Waals surface area contributed by atoms with E-state index in [-0.39, 0.29) is 74.5 Å². The van der Waals surface area contributed by atoms with Gasteiger partial charge in [0.15, 0.2) is 23.0 Å². The molecule has 0 aliphatic carbocycles. The van der Waals surface area contributed by atoms with Crippen LogP contribution in [-0.2, 0) is 61.7 Å². The van der Waals surface area contributed by atoms with E-state index in [1.54, 1.807) is 70.7 Å². The van der Waals surface area contributed by atoms with Crippen LogP contribution < -0.4 is 26.0 Å². The van der Waals surface area contributed by atoms with Gasteiger partial charge in [-0.3, -0.25) is 48.2 Å². The highest BCUT2D eigenvalue weighted by Crippen LogP contribution is 2.24. The molecule has 0 spiro atoms. The second-order valence-corrected chi connectivity index (χ2v) is 16.4. The maximum Gasteiger partial charge on any atom is 0.573 e. The first-order chi connectivity index (χ1) is 35.7. The lowest BCUT2D eigenvalue weighted by Crippen LogP contribution is -2.23. The van der Waals surface area contributed by atoms with Crippen molar-refractivity contribution in [2.24, 2.45) is 0 Å². The number of alkyl halides is 4. The van der Waals surface area contributed by atoms with Crippen molar-refractivity contribution in [3.63, 3.8) is 0 Å². The fourth-order valence-electron chi connectivity index (χ4n) is 7.09. The van der Waals surface area contributed by atoms with Gasteiger partial charge < -0.3 is 26.0 Å². The monoisotopic (exact) mass is 1020 g/mol. The van der Waals surface area contributed by atoms with Crippen LogP contribution in [0.4, 0.5) is 29.2 Å². The van der Waals surface area contributed by atoms with Crippen molar-refractivity contribution in [2.45, 2.75) is 83.9 Å². The Morgan fingerprint density at radius 1 is 0.595 bits per heavy atom. The summed E-state index contributed by atoms with van der Waals surface area (Å²) in [5, 5.41) is 42.3. The van der Waals surface area contributed by atoms with Crippen LogP contribution >= 0.6 is 0 Å². The molecule has 0 aliphatic heterocycles. The van der Waals surface area contributed by atoms with Gasteiger partial charge in [0, 0.05) is 62.4 Å². The van der Waals surface area contributed by atoms with Crippen molar-refractivity contribution >= 4 is 35.3 Å². The molecule has 4 N–H and O–H groups in total. The molecule has 0 saturated heterocycles. The molecular formula is C46H45F4N19O5. The summed E-state index contributed by atoms with van der Waals surface area (Å²) in [6.07, 6.45) is 5.79. The van der Waals surface area contributed by atoms with E-state index in [4.69, 9.17) is 0 Å². The van der Waals surface area contributed by atoms with Crippen molar-refractivity contribution in [1.29, 1.82) is 0 Å². The minimum absolute atomic E-state index is 0.0157. The zero-order chi connectivity index (χ0) is 51.9. The van der Waals surface area contributed by atoms with Crippen LogP contribution in [0.15, 0.2) is 110 Å². The molecule has 1 atom stereocenters. The van der Waals surface area contributed by atoms with Crippen molar-refractivity contribution in [3.05, 3.63) is 144 Å². The Morgan fingerprint density at radius 2 is 1.23 bits per heavy atom. The van der Waals surface area contributed by atoms with Crippen molar-refractivity contribution in [3.8, 4) is 16.9 Å². The average molecular weight is 1020 g/mol. The smallest absolute Gasteiger partial charge is 0.406 e. The van der Waals surface area contributed by atoms with E-state index in [1.165, 1.54) is 33.9 Å². The van der Waals surface area contributed by atoms with Gasteiger partial charge in [-0.2, -0.15) is 0 Å². The normalized spacial score (nSPS) is 11.7. The van der Waals surface area contributed by atoms with E-state index in [9.17, 15) is 36.7 Å². The second kappa shape index (κ2) is 24.2. The largest absolute Gasteiger partial charge is 0.573 e. The lowest BCUT2D eigenvalue weighted by Gasteiger charge is -2.10. The fraction of sp³-hybridized carbons (Fsp3) is 0.283. The third-order valence-electron chi connectivity index (χ3n) is 10.6. The molecule has 0 saturated carbocycles. The highest BCUT2D eigenvalue weighted by Gasteiger charge is 2.31. The summed E-state index contributed by atoms with van der Waals surface area (Å²) in [5.74, 6) is -1.77. The minimum Gasteiger partial charge on any atom is -0.406 e. The van der Waals surface area contributed by atoms with Crippen LogP contribution in [0, 0.1) is 0 Å². The predicted octanol–water partition coefficient (Wildman–Crippen LogP) is 3.93. The molecule has 4 amide bonds. The van der Waals surface area contributed by atoms with Gasteiger partial charge in [0.05, 0.1) is 62.1 Å². The van der Waals surface area contributed by atoms with E-state index in [0.29, 0.717) is 35.9 Å². The quantitative estimate of drug-likeness (QED) is 0.0493. The minimum atomic E-state index is -4.85. The van der Waals surface area contributed by atoms with E-state index in [2.05, 4.69) is 82.2 Å². The number of nitrogens with one attached hydrogen (secondary N) is 4. The van der Waals surface area contributed by atoms with Crippen LogP contribution in [-0.4, -0.2) is 111 Å². The van der Waals surface area contributed by atoms with E-state index in [1.807, 2.05) is 12.1 Å². The Hall–Kier alpha value is -9.37. The molecule has 24 nitrogen and oxygen atoms in total. The number of aryl methyl sites for hydroxylation is 3. The number of rotatable bonds is 24. The number of carbonyl (C=O) groups is 4. The number of pyridine rings is 3. The Bertz CT molecular complexity index is 3160. The molecule has 0 aliphatic rings. The fourth-order valence-corrected chi connectivity index (χ4v) is 7.09. The summed E-state index contributed by atoms with van der Waals surface area (Å²) in [6, 6.07) is 17.6. The van der Waals surface area contributed by atoms with E-state index in [0.717, 1.165) is 41.8 Å². The molecule has 74 heavy (non-hydrogen) atoms. The molecular weight excluding hydrogens is 975 g/mol. The number of amides is 4. The number of aromatic nitrogens is 15. The van der Waals surface area contributed by atoms with Gasteiger partial charge in [-0.05, 0) is 66.4 Å². The highest BCUT2D eigenvalue weighted by molar-refractivity contribution is 5.93. The average Bonchev–Trinajstić information content (AvgIpc) is 4.23. The number of nitrogens with zero attached hydrogens (tertiary/aromatic N) is 15. The number of hydrogen-bond donors (Lipinski definition) is 4. The summed E-state index contributed by atoms with van der Waals surface area (Å²) in [7, 11) is 0. The molecule has 8 rings (SSSR count). The molecule has 0 radical (unpaired) electrons.